The third-order valence-corrected chi connectivity index (χ3v) is 5.02. The summed E-state index contributed by atoms with van der Waals surface area (Å²) in [6.45, 7) is 6.90. The highest BCUT2D eigenvalue weighted by atomic mass is 19.1. The third-order valence-electron chi connectivity index (χ3n) is 5.02. The van der Waals surface area contributed by atoms with Gasteiger partial charge < -0.3 is 20.3 Å². The summed E-state index contributed by atoms with van der Waals surface area (Å²) >= 11 is 0. The number of hydrogen-bond donors (Lipinski definition) is 3. The van der Waals surface area contributed by atoms with E-state index in [0.717, 1.165) is 22.1 Å². The molecule has 0 radical (unpaired) electrons. The number of pyridine rings is 1. The number of carbonyl (C=O) groups excluding carboxylic acids is 1. The summed E-state index contributed by atoms with van der Waals surface area (Å²) in [6.07, 6.45) is 0.646. The van der Waals surface area contributed by atoms with E-state index in [1.807, 2.05) is 13.8 Å². The molecule has 0 aliphatic heterocycles. The summed E-state index contributed by atoms with van der Waals surface area (Å²) in [7, 11) is 0. The number of aryl methyl sites for hydroxylation is 1. The van der Waals surface area contributed by atoms with Gasteiger partial charge in [-0.3, -0.25) is 0 Å². The smallest absolute Gasteiger partial charge is 0.147 e. The van der Waals surface area contributed by atoms with Crippen molar-refractivity contribution >= 4 is 23.0 Å². The van der Waals surface area contributed by atoms with Crippen molar-refractivity contribution in [3.8, 4) is 16.9 Å². The van der Waals surface area contributed by atoms with Gasteiger partial charge in [-0.25, -0.2) is 9.37 Å². The second kappa shape index (κ2) is 7.79. The van der Waals surface area contributed by atoms with E-state index in [9.17, 15) is 19.4 Å². The monoisotopic (exact) mass is 396 g/mol. The summed E-state index contributed by atoms with van der Waals surface area (Å²) in [6, 6.07) is 9.83. The van der Waals surface area contributed by atoms with Gasteiger partial charge in [-0.05, 0) is 60.7 Å². The number of nitrogens with one attached hydrogen (secondary N) is 1. The molecule has 3 N–H and O–H groups in total. The number of aliphatic hydroxyl groups is 1. The first kappa shape index (κ1) is 20.7. The van der Waals surface area contributed by atoms with Crippen LogP contribution in [0.3, 0.4) is 0 Å². The van der Waals surface area contributed by atoms with Crippen molar-refractivity contribution in [1.29, 1.82) is 0 Å². The molecule has 0 aliphatic rings. The van der Waals surface area contributed by atoms with Gasteiger partial charge in [-0.2, -0.15) is 0 Å². The summed E-state index contributed by atoms with van der Waals surface area (Å²) in [4.78, 5) is 16.2. The van der Waals surface area contributed by atoms with Crippen LogP contribution in [0.4, 0.5) is 10.2 Å². The Morgan fingerprint density at radius 3 is 2.55 bits per heavy atom. The molecule has 0 saturated carbocycles. The maximum atomic E-state index is 13.9. The van der Waals surface area contributed by atoms with Crippen molar-refractivity contribution in [1.82, 2.24) is 4.98 Å². The molecule has 1 heterocycles. The highest BCUT2D eigenvalue weighted by Gasteiger charge is 2.27. The average molecular weight is 396 g/mol. The zero-order valence-electron chi connectivity index (χ0n) is 17.0. The molecule has 1 aromatic heterocycles. The number of aliphatic hydroxyl groups excluding tert-OH is 1. The highest BCUT2D eigenvalue weighted by Crippen LogP contribution is 2.41. The van der Waals surface area contributed by atoms with E-state index >= 15 is 0 Å². The normalized spacial score (nSPS) is 13.5. The fourth-order valence-electron chi connectivity index (χ4n) is 3.41. The van der Waals surface area contributed by atoms with Gasteiger partial charge in [0.2, 0.25) is 0 Å². The summed E-state index contributed by atoms with van der Waals surface area (Å²) < 4.78 is 13.9. The fourth-order valence-corrected chi connectivity index (χ4v) is 3.41. The van der Waals surface area contributed by atoms with Gasteiger partial charge in [0.15, 0.2) is 0 Å². The molecule has 0 unspecified atom stereocenters. The number of fused-ring (bicyclic) bond motifs is 1. The molecule has 0 aliphatic carbocycles. The molecule has 1 atom stereocenters. The van der Waals surface area contributed by atoms with Crippen LogP contribution in [-0.4, -0.2) is 33.6 Å². The number of aromatic hydroxyl groups is 1. The topological polar surface area (TPSA) is 82.5 Å². The van der Waals surface area contributed by atoms with Gasteiger partial charge in [0, 0.05) is 17.0 Å². The van der Waals surface area contributed by atoms with E-state index in [0.29, 0.717) is 23.2 Å². The molecule has 0 amide bonds. The Labute approximate surface area is 169 Å². The van der Waals surface area contributed by atoms with Crippen LogP contribution in [0.25, 0.3) is 22.0 Å². The zero-order chi connectivity index (χ0) is 21.3. The number of nitrogens with zero attached hydrogens (tertiary/aromatic N) is 1. The molecular weight excluding hydrogens is 371 g/mol. The number of phenolic OH excluding ortho intramolecular Hbond substituents is 1. The predicted molar refractivity (Wildman–Crippen MR) is 113 cm³/mol. The number of benzene rings is 2. The Morgan fingerprint density at radius 2 is 1.97 bits per heavy atom. The number of phenols is 1. The predicted octanol–water partition coefficient (Wildman–Crippen LogP) is 4.54. The van der Waals surface area contributed by atoms with E-state index in [2.05, 4.69) is 10.3 Å². The molecule has 5 nitrogen and oxygen atoms in total. The zero-order valence-corrected chi connectivity index (χ0v) is 17.0. The Morgan fingerprint density at radius 1 is 1.24 bits per heavy atom. The van der Waals surface area contributed by atoms with Gasteiger partial charge in [-0.1, -0.05) is 19.9 Å². The van der Waals surface area contributed by atoms with Gasteiger partial charge in [0.1, 0.15) is 29.2 Å². The van der Waals surface area contributed by atoms with Gasteiger partial charge in [-0.15, -0.1) is 0 Å². The second-order valence-electron chi connectivity index (χ2n) is 7.89. The summed E-state index contributed by atoms with van der Waals surface area (Å²) in [5, 5.41) is 23.5. The van der Waals surface area contributed by atoms with Crippen LogP contribution >= 0.6 is 0 Å². The molecule has 152 valence electrons. The number of rotatable bonds is 6. The van der Waals surface area contributed by atoms with Gasteiger partial charge >= 0.3 is 0 Å². The average Bonchev–Trinajstić information content (AvgIpc) is 2.68. The maximum absolute atomic E-state index is 13.9. The lowest BCUT2D eigenvalue weighted by atomic mass is 9.88. The molecule has 6 heteroatoms. The van der Waals surface area contributed by atoms with E-state index in [1.54, 1.807) is 44.2 Å². The van der Waals surface area contributed by atoms with Crippen LogP contribution in [0.1, 0.15) is 37.8 Å². The lowest BCUT2D eigenvalue weighted by molar-refractivity contribution is -0.112. The number of anilines is 1. The maximum Gasteiger partial charge on any atom is 0.147 e. The number of carbonyl (C=O) groups is 1. The first-order chi connectivity index (χ1) is 13.7. The Bertz CT molecular complexity index is 1080. The lowest BCUT2D eigenvalue weighted by Gasteiger charge is -2.27. The van der Waals surface area contributed by atoms with E-state index in [4.69, 9.17) is 0 Å². The van der Waals surface area contributed by atoms with Crippen LogP contribution < -0.4 is 5.32 Å². The molecule has 0 fully saturated rings. The third kappa shape index (κ3) is 3.93. The first-order valence-electron chi connectivity index (χ1n) is 9.47. The van der Waals surface area contributed by atoms with Crippen LogP contribution in [0.2, 0.25) is 0 Å². The van der Waals surface area contributed by atoms with Crippen LogP contribution in [0.15, 0.2) is 36.4 Å². The summed E-state index contributed by atoms with van der Waals surface area (Å²) in [5.41, 5.74) is 2.34. The van der Waals surface area contributed by atoms with E-state index in [1.165, 1.54) is 6.07 Å². The molecule has 0 bridgehead atoms. The van der Waals surface area contributed by atoms with E-state index in [-0.39, 0.29) is 17.5 Å². The van der Waals surface area contributed by atoms with Gasteiger partial charge in [0.25, 0.3) is 0 Å². The second-order valence-corrected chi connectivity index (χ2v) is 7.89. The quantitative estimate of drug-likeness (QED) is 0.533. The van der Waals surface area contributed by atoms with Crippen molar-refractivity contribution < 1.29 is 19.4 Å². The van der Waals surface area contributed by atoms with Crippen LogP contribution in [0.5, 0.6) is 5.75 Å². The molecule has 3 aromatic rings. The minimum atomic E-state index is -1.21. The number of aldehydes is 1. The SMILES string of the molecule is Cc1cc(-c2c(C(C)C)c(N[C@@](C)(C=O)CO)nc3cc(O)ccc23)ccc1F. The Hall–Kier alpha value is -2.99. The van der Waals surface area contributed by atoms with Crippen molar-refractivity contribution in [2.24, 2.45) is 0 Å². The highest BCUT2D eigenvalue weighted by molar-refractivity contribution is 5.99. The van der Waals surface area contributed by atoms with Crippen molar-refractivity contribution in [2.45, 2.75) is 39.2 Å². The lowest BCUT2D eigenvalue weighted by Crippen LogP contribution is -2.41. The number of aromatic nitrogens is 1. The fraction of sp³-hybridized carbons (Fsp3) is 0.304. The molecular formula is C23H25FN2O3. The largest absolute Gasteiger partial charge is 0.508 e. The molecule has 3 rings (SSSR count). The van der Waals surface area contributed by atoms with Gasteiger partial charge in [0.05, 0.1) is 12.1 Å². The minimum absolute atomic E-state index is 0.0122. The van der Waals surface area contributed by atoms with Crippen molar-refractivity contribution in [2.75, 3.05) is 11.9 Å². The molecule has 0 saturated heterocycles. The minimum Gasteiger partial charge on any atom is -0.508 e. The molecule has 29 heavy (non-hydrogen) atoms. The molecule has 0 spiro atoms. The molecule has 2 aromatic carbocycles. The Balaban J connectivity index is 2.41. The van der Waals surface area contributed by atoms with Crippen LogP contribution in [0, 0.1) is 12.7 Å². The van der Waals surface area contributed by atoms with Crippen molar-refractivity contribution in [3.63, 3.8) is 0 Å². The summed E-state index contributed by atoms with van der Waals surface area (Å²) in [5.74, 6) is 0.231. The van der Waals surface area contributed by atoms with Crippen LogP contribution in [-0.2, 0) is 4.79 Å². The number of halogens is 1. The number of hydrogen-bond acceptors (Lipinski definition) is 5. The van der Waals surface area contributed by atoms with Crippen molar-refractivity contribution in [3.05, 3.63) is 53.3 Å². The first-order valence-corrected chi connectivity index (χ1v) is 9.47. The van der Waals surface area contributed by atoms with E-state index < -0.39 is 12.1 Å². The standard InChI is InChI=1S/C23H25FN2O3/c1-13(2)20-21(15-5-8-18(24)14(3)9-15)17-7-6-16(29)10-19(17)25-22(20)26-23(4,11-27)12-28/h5-11,13,28-29H,12H2,1-4H3,(H,25,26)/t23-/m0/s1. The Kier molecular flexibility index (Phi) is 5.57.